The molecule has 0 unspecified atom stereocenters. The van der Waals surface area contributed by atoms with Crippen LogP contribution in [0.4, 0.5) is 11.6 Å². The first-order chi connectivity index (χ1) is 14.1. The Hall–Kier alpha value is -3.16. The molecular weight excluding hydrogens is 374 g/mol. The van der Waals surface area contributed by atoms with Crippen molar-refractivity contribution in [2.24, 2.45) is 13.0 Å². The summed E-state index contributed by atoms with van der Waals surface area (Å²) in [5, 5.41) is 18.0. The molecule has 0 aromatic carbocycles. The predicted molar refractivity (Wildman–Crippen MR) is 103 cm³/mol. The van der Waals surface area contributed by atoms with E-state index in [2.05, 4.69) is 28.4 Å². The lowest BCUT2D eigenvalue weighted by atomic mass is 10.1. The molecule has 0 bridgehead atoms. The van der Waals surface area contributed by atoms with E-state index in [0.29, 0.717) is 61.2 Å². The highest BCUT2D eigenvalue weighted by Crippen LogP contribution is 2.32. The molecule has 0 aliphatic carbocycles. The number of ether oxygens (including phenoxy) is 3. The molecule has 1 N–H and O–H groups in total. The zero-order valence-corrected chi connectivity index (χ0v) is 16.2. The molecule has 29 heavy (non-hydrogen) atoms. The minimum Gasteiger partial charge on any atom is -0.467 e. The molecule has 2 atom stereocenters. The van der Waals surface area contributed by atoms with Crippen LogP contribution in [0.3, 0.4) is 0 Å². The minimum absolute atomic E-state index is 0.00752. The summed E-state index contributed by atoms with van der Waals surface area (Å²) in [5.41, 5.74) is 1.94. The van der Waals surface area contributed by atoms with Gasteiger partial charge in [-0.25, -0.2) is 4.98 Å². The second-order valence-corrected chi connectivity index (χ2v) is 7.49. The van der Waals surface area contributed by atoms with E-state index in [4.69, 9.17) is 19.2 Å². The number of hydrogen-bond donors (Lipinski definition) is 1. The fraction of sp³-hybridized carbons (Fsp3) is 0.474. The van der Waals surface area contributed by atoms with Crippen LogP contribution in [0, 0.1) is 17.2 Å². The second-order valence-electron chi connectivity index (χ2n) is 7.49. The van der Waals surface area contributed by atoms with Gasteiger partial charge in [-0.1, -0.05) is 6.92 Å². The van der Waals surface area contributed by atoms with Gasteiger partial charge in [0, 0.05) is 24.5 Å². The lowest BCUT2D eigenvalue weighted by Crippen LogP contribution is -2.38. The monoisotopic (exact) mass is 395 g/mol. The van der Waals surface area contributed by atoms with Crippen molar-refractivity contribution < 1.29 is 14.2 Å². The number of nitriles is 1. The van der Waals surface area contributed by atoms with Gasteiger partial charge in [0.2, 0.25) is 5.95 Å². The van der Waals surface area contributed by atoms with Crippen LogP contribution in [-0.2, 0) is 16.5 Å². The topological polar surface area (TPSA) is 112 Å². The number of aryl methyl sites for hydroxylation is 1. The smallest absolute Gasteiger partial charge is 0.257 e. The molecule has 5 heterocycles. The summed E-state index contributed by atoms with van der Waals surface area (Å²) in [6.07, 6.45) is 3.54. The quantitative estimate of drug-likeness (QED) is 0.696. The van der Waals surface area contributed by atoms with Gasteiger partial charge in [0.25, 0.3) is 5.88 Å². The van der Waals surface area contributed by atoms with Gasteiger partial charge in [-0.15, -0.1) is 5.10 Å². The fourth-order valence-corrected chi connectivity index (χ4v) is 3.67. The molecule has 5 rings (SSSR count). The summed E-state index contributed by atoms with van der Waals surface area (Å²) in [6, 6.07) is 4.16. The van der Waals surface area contributed by atoms with Crippen molar-refractivity contribution in [2.75, 3.05) is 31.7 Å². The number of nitrogens with zero attached hydrogens (tertiary/aromatic N) is 6. The van der Waals surface area contributed by atoms with Gasteiger partial charge in [0.05, 0.1) is 38.7 Å². The highest BCUT2D eigenvalue weighted by atomic mass is 16.6. The average molecular weight is 395 g/mol. The molecule has 3 aromatic rings. The van der Waals surface area contributed by atoms with Crippen molar-refractivity contribution in [2.45, 2.75) is 19.1 Å². The van der Waals surface area contributed by atoms with Crippen LogP contribution in [0.25, 0.3) is 11.0 Å². The first-order valence-electron chi connectivity index (χ1n) is 9.53. The van der Waals surface area contributed by atoms with Crippen LogP contribution < -0.4 is 10.1 Å². The number of fused-ring (bicyclic) bond motifs is 1. The van der Waals surface area contributed by atoms with E-state index in [1.54, 1.807) is 10.9 Å². The average Bonchev–Trinajstić information content (AvgIpc) is 3.34. The van der Waals surface area contributed by atoms with Gasteiger partial charge in [0.15, 0.2) is 0 Å². The van der Waals surface area contributed by atoms with E-state index in [1.165, 1.54) is 0 Å². The van der Waals surface area contributed by atoms with Crippen molar-refractivity contribution >= 4 is 22.7 Å². The summed E-state index contributed by atoms with van der Waals surface area (Å²) in [6.45, 7) is 4.48. The second kappa shape index (κ2) is 7.02. The number of hydrogen-bond acceptors (Lipinski definition) is 8. The Morgan fingerprint density at radius 3 is 2.79 bits per heavy atom. The Morgan fingerprint density at radius 1 is 1.28 bits per heavy atom. The molecular formula is C19H21N7O3. The van der Waals surface area contributed by atoms with Crippen molar-refractivity contribution in [3.63, 3.8) is 0 Å². The van der Waals surface area contributed by atoms with Gasteiger partial charge >= 0.3 is 0 Å². The predicted octanol–water partition coefficient (Wildman–Crippen LogP) is 1.77. The zero-order valence-electron chi connectivity index (χ0n) is 16.2. The van der Waals surface area contributed by atoms with Gasteiger partial charge in [-0.05, 0) is 6.07 Å². The highest BCUT2D eigenvalue weighted by Gasteiger charge is 2.30. The number of rotatable bonds is 5. The largest absolute Gasteiger partial charge is 0.467 e. The molecule has 2 fully saturated rings. The van der Waals surface area contributed by atoms with E-state index in [1.807, 2.05) is 23.9 Å². The Morgan fingerprint density at radius 2 is 2.10 bits per heavy atom. The Labute approximate surface area is 167 Å². The summed E-state index contributed by atoms with van der Waals surface area (Å²) < 4.78 is 20.3. The van der Waals surface area contributed by atoms with Crippen LogP contribution in [0.5, 0.6) is 5.88 Å². The van der Waals surface area contributed by atoms with Crippen LogP contribution >= 0.6 is 0 Å². The van der Waals surface area contributed by atoms with Crippen molar-refractivity contribution in [3.05, 3.63) is 24.2 Å². The summed E-state index contributed by atoms with van der Waals surface area (Å²) in [7, 11) is 1.82. The maximum absolute atomic E-state index is 9.61. The normalized spacial score (nSPS) is 21.8. The first kappa shape index (κ1) is 17.9. The van der Waals surface area contributed by atoms with E-state index in [-0.39, 0.29) is 12.1 Å². The molecule has 2 saturated heterocycles. The van der Waals surface area contributed by atoms with Gasteiger partial charge in [-0.3, -0.25) is 4.68 Å². The van der Waals surface area contributed by atoms with Gasteiger partial charge in [0.1, 0.15) is 29.2 Å². The molecule has 150 valence electrons. The summed E-state index contributed by atoms with van der Waals surface area (Å²) in [5.74, 6) is 1.19. The first-order valence-corrected chi connectivity index (χ1v) is 9.53. The number of nitrogens with one attached hydrogen (secondary N) is 1. The van der Waals surface area contributed by atoms with E-state index >= 15 is 0 Å². The van der Waals surface area contributed by atoms with E-state index in [0.717, 1.165) is 5.39 Å². The van der Waals surface area contributed by atoms with Crippen LogP contribution in [0.1, 0.15) is 18.7 Å². The lowest BCUT2D eigenvalue weighted by molar-refractivity contribution is -0.0812. The number of anilines is 2. The fourth-order valence-electron chi connectivity index (χ4n) is 3.67. The van der Waals surface area contributed by atoms with Crippen molar-refractivity contribution in [3.8, 4) is 11.9 Å². The third kappa shape index (κ3) is 3.18. The Bertz CT molecular complexity index is 1100. The van der Waals surface area contributed by atoms with E-state index in [9.17, 15) is 5.26 Å². The van der Waals surface area contributed by atoms with Gasteiger partial charge in [-0.2, -0.15) is 10.2 Å². The maximum atomic E-state index is 9.61. The summed E-state index contributed by atoms with van der Waals surface area (Å²) in [4.78, 5) is 9.11. The van der Waals surface area contributed by atoms with E-state index < -0.39 is 0 Å². The Kier molecular flexibility index (Phi) is 4.34. The Balaban J connectivity index is 1.50. The van der Waals surface area contributed by atoms with Crippen molar-refractivity contribution in [1.82, 2.24) is 24.3 Å². The molecule has 0 saturated carbocycles. The molecule has 10 nitrogen and oxygen atoms in total. The standard InChI is InChI=1S/C19H21N7O3/c1-11-7-27-10-16(11)26-13(4-20)3-12-5-21-19(23-17(12)26)22-15-6-25(2)24-18(15)29-14-8-28-9-14/h3,5-6,11,14,16H,7-10H2,1-2H3,(H,21,22,23)/t11-,16+/m0/s1. The third-order valence-corrected chi connectivity index (χ3v) is 5.28. The number of aromatic nitrogens is 5. The molecule has 0 spiro atoms. The molecule has 0 amide bonds. The highest BCUT2D eigenvalue weighted by molar-refractivity contribution is 5.79. The summed E-state index contributed by atoms with van der Waals surface area (Å²) >= 11 is 0. The molecule has 0 radical (unpaired) electrons. The van der Waals surface area contributed by atoms with Crippen LogP contribution in [0.2, 0.25) is 0 Å². The SMILES string of the molecule is C[C@H]1COC[C@H]1n1c(C#N)cc2cnc(Nc3cn(C)nc3OC3COC3)nc21. The van der Waals surface area contributed by atoms with Crippen LogP contribution in [-0.4, -0.2) is 56.8 Å². The molecule has 2 aliphatic rings. The molecule has 2 aliphatic heterocycles. The molecule has 3 aromatic heterocycles. The lowest BCUT2D eigenvalue weighted by Gasteiger charge is -2.25. The maximum Gasteiger partial charge on any atom is 0.257 e. The van der Waals surface area contributed by atoms with Gasteiger partial charge < -0.3 is 24.1 Å². The van der Waals surface area contributed by atoms with Crippen molar-refractivity contribution in [1.29, 1.82) is 5.26 Å². The molecule has 10 heteroatoms. The third-order valence-electron chi connectivity index (χ3n) is 5.28. The minimum atomic E-state index is 0.00752. The van der Waals surface area contributed by atoms with Crippen LogP contribution in [0.15, 0.2) is 18.5 Å². The zero-order chi connectivity index (χ0) is 20.0.